The van der Waals surface area contributed by atoms with E-state index in [1.165, 1.54) is 0 Å². The van der Waals surface area contributed by atoms with Crippen LogP contribution < -0.4 is 0 Å². The Kier molecular flexibility index (Phi) is 21.7. The molecule has 0 heterocycles. The summed E-state index contributed by atoms with van der Waals surface area (Å²) in [6.45, 7) is -31.1. The van der Waals surface area contributed by atoms with E-state index in [0.29, 0.717) is 0 Å². The third-order valence-corrected chi connectivity index (χ3v) is 9.03. The van der Waals surface area contributed by atoms with Crippen LogP contribution in [-0.4, -0.2) is 221 Å². The van der Waals surface area contributed by atoms with Gasteiger partial charge in [-0.2, -0.15) is 119 Å². The number of carboxylic acid groups (broad SMARTS) is 4. The van der Waals surface area contributed by atoms with Crippen molar-refractivity contribution in [1.29, 1.82) is 0 Å². The van der Waals surface area contributed by atoms with Crippen molar-refractivity contribution < 1.29 is 191 Å². The molecule has 0 atom stereocenters. The first kappa shape index (κ1) is 70.2. The van der Waals surface area contributed by atoms with E-state index in [2.05, 4.69) is 18.9 Å². The first-order chi connectivity index (χ1) is 33.4. The van der Waals surface area contributed by atoms with Gasteiger partial charge in [0, 0.05) is 0 Å². The van der Waals surface area contributed by atoms with Gasteiger partial charge in [-0.15, -0.1) is 0 Å². The Morgan fingerprint density at radius 2 is 0.474 bits per heavy atom. The van der Waals surface area contributed by atoms with Crippen molar-refractivity contribution in [2.24, 2.45) is 5.41 Å². The van der Waals surface area contributed by atoms with Crippen molar-refractivity contribution >= 4 is 41.6 Å². The van der Waals surface area contributed by atoms with Gasteiger partial charge >= 0.3 is 96.3 Å². The minimum Gasteiger partial charge on any atom is -0.480 e. The van der Waals surface area contributed by atoms with Crippen molar-refractivity contribution in [1.82, 2.24) is 14.7 Å². The second-order valence-corrected chi connectivity index (χ2v) is 14.7. The Morgan fingerprint density at radius 1 is 0.289 bits per heavy atom. The molecule has 18 nitrogen and oxygen atoms in total. The van der Waals surface area contributed by atoms with Gasteiger partial charge in [0.05, 0.1) is 31.8 Å². The molecule has 0 aliphatic rings. The highest BCUT2D eigenvalue weighted by atomic mass is 19.5. The van der Waals surface area contributed by atoms with Crippen LogP contribution >= 0.6 is 0 Å². The predicted octanol–water partition coefficient (Wildman–Crippen LogP) is 5.14. The van der Waals surface area contributed by atoms with Crippen molar-refractivity contribution in [3.8, 4) is 0 Å². The summed E-state index contributed by atoms with van der Waals surface area (Å²) >= 11 is 0. The van der Waals surface area contributed by atoms with Crippen LogP contribution in [-0.2, 0) is 52.5 Å². The van der Waals surface area contributed by atoms with Crippen LogP contribution in [0.5, 0.6) is 0 Å². The van der Waals surface area contributed by atoms with Gasteiger partial charge in [-0.3, -0.25) is 33.6 Å². The maximum Gasteiger partial charge on any atom is 0.435 e. The number of hydrogen-bond acceptors (Lipinski definition) is 11. The van der Waals surface area contributed by atoms with E-state index < -0.39 is 197 Å². The lowest BCUT2D eigenvalue weighted by Crippen LogP contribution is -2.71. The molecule has 0 aromatic heterocycles. The van der Waals surface area contributed by atoms with Crippen molar-refractivity contribution in [2.45, 2.75) is 72.4 Å². The van der Waals surface area contributed by atoms with Gasteiger partial charge in [-0.05, 0) is 0 Å². The van der Waals surface area contributed by atoms with Crippen LogP contribution in [0.15, 0.2) is 0 Å². The van der Waals surface area contributed by atoms with E-state index >= 15 is 0 Å². The van der Waals surface area contributed by atoms with Crippen molar-refractivity contribution in [2.75, 3.05) is 72.3 Å². The van der Waals surface area contributed by atoms with Gasteiger partial charge < -0.3 is 54.1 Å². The molecule has 0 unspecified atom stereocenters. The molecule has 0 aromatic carbocycles. The molecule has 0 rings (SSSR count). The number of alkyl halides is 27. The summed E-state index contributed by atoms with van der Waals surface area (Å²) in [7, 11) is 0. The number of rotatable bonds is 25. The zero-order valence-corrected chi connectivity index (χ0v) is 35.6. The number of carbonyl (C=O) groups is 7. The highest BCUT2D eigenvalue weighted by Crippen LogP contribution is 2.59. The molecule has 0 spiro atoms. The van der Waals surface area contributed by atoms with Gasteiger partial charge in [-0.1, -0.05) is 0 Å². The topological polar surface area (TPSA) is 247 Å². The van der Waals surface area contributed by atoms with Gasteiger partial charge in [0.25, 0.3) is 0 Å². The molecule has 0 saturated heterocycles. The molecule has 0 bridgehead atoms. The third kappa shape index (κ3) is 15.9. The van der Waals surface area contributed by atoms with E-state index in [9.17, 15) is 152 Å². The Hall–Kier alpha value is -5.76. The number of carboxylic acids is 4. The fourth-order valence-electron chi connectivity index (χ4n) is 5.54. The normalized spacial score (nSPS) is 14.3. The lowest BCUT2D eigenvalue weighted by Gasteiger charge is -2.45. The van der Waals surface area contributed by atoms with Crippen molar-refractivity contribution in [3.05, 3.63) is 0 Å². The lowest BCUT2D eigenvalue weighted by atomic mass is 9.89. The minimum atomic E-state index is -8.32. The quantitative estimate of drug-likeness (QED) is 0.0865. The average molecular weight is 1190 g/mol. The van der Waals surface area contributed by atoms with Crippen LogP contribution in [0.3, 0.4) is 0 Å². The standard InChI is InChI=1S/C31H26F27N3O15/c32-23(33,34)20(24(35,36)37,25(38,39)40)74-9-19(10-75-21(26(41,42)43,27(44,45)46)28(47,48)49,11-76-22(29(50,51)52,30(53,54)55)31(56,57)58)8-73-7-14(64)59(1-12(62)60(3-15(65)66)4-16(67)68)2-13(63)61(5-17(69)70)6-18(71)72/h1-11H2,(H,65,66)(H,67,68)(H,69,70)(H,71,72). The summed E-state index contributed by atoms with van der Waals surface area (Å²) in [5, 5.41) is 36.0. The SMILES string of the molecule is O=C(O)CN(CC(=O)O)C(=O)CN(CC(=O)N(CC(=O)O)CC(=O)O)C(=O)COCC(COC(C(F)(F)F)(C(F)(F)F)C(F)(F)F)(COC(C(F)(F)F)(C(F)(F)F)C(F)(F)F)COC(C(F)(F)F)(C(F)(F)F)C(F)(F)F. The maximum atomic E-state index is 13.9. The Morgan fingerprint density at radius 3 is 0.645 bits per heavy atom. The lowest BCUT2D eigenvalue weighted by molar-refractivity contribution is -0.474. The summed E-state index contributed by atoms with van der Waals surface area (Å²) < 4.78 is 387. The fraction of sp³-hybridized carbons (Fsp3) is 0.774. The summed E-state index contributed by atoms with van der Waals surface area (Å²) in [6.07, 6.45) is -74.9. The molecular formula is C31H26F27N3O15. The zero-order chi connectivity index (χ0) is 60.9. The second kappa shape index (κ2) is 23.5. The Labute approximate surface area is 398 Å². The molecule has 0 radical (unpaired) electrons. The summed E-state index contributed by atoms with van der Waals surface area (Å²) in [4.78, 5) is 82.6. The smallest absolute Gasteiger partial charge is 0.435 e. The highest BCUT2D eigenvalue weighted by Gasteiger charge is 2.88. The number of ether oxygens (including phenoxy) is 4. The van der Waals surface area contributed by atoms with Crippen LogP contribution in [0.4, 0.5) is 119 Å². The molecular weight excluding hydrogens is 1170 g/mol. The van der Waals surface area contributed by atoms with Gasteiger partial charge in [0.15, 0.2) is 0 Å². The number of aliphatic carboxylic acids is 4. The van der Waals surface area contributed by atoms with Crippen LogP contribution in [0, 0.1) is 5.41 Å². The maximum absolute atomic E-state index is 13.9. The number of halogens is 27. The third-order valence-electron chi connectivity index (χ3n) is 9.03. The van der Waals surface area contributed by atoms with Crippen molar-refractivity contribution in [3.63, 3.8) is 0 Å². The van der Waals surface area contributed by atoms with E-state index in [4.69, 9.17) is 20.4 Å². The minimum absolute atomic E-state index is 0.365. The molecule has 3 amide bonds. The Balaban J connectivity index is 8.88. The second-order valence-electron chi connectivity index (χ2n) is 14.7. The molecule has 0 aromatic rings. The first-order valence-electron chi connectivity index (χ1n) is 18.2. The van der Waals surface area contributed by atoms with E-state index in [1.54, 1.807) is 0 Å². The van der Waals surface area contributed by atoms with Gasteiger partial charge in [-0.25, -0.2) is 0 Å². The number of amides is 3. The molecule has 76 heavy (non-hydrogen) atoms. The van der Waals surface area contributed by atoms with E-state index in [1.807, 2.05) is 0 Å². The molecule has 0 aliphatic heterocycles. The molecule has 45 heteroatoms. The first-order valence-corrected chi connectivity index (χ1v) is 18.2. The van der Waals surface area contributed by atoms with Crippen LogP contribution in [0.2, 0.25) is 0 Å². The highest BCUT2D eigenvalue weighted by molar-refractivity contribution is 5.93. The molecule has 0 aliphatic carbocycles. The summed E-state index contributed by atoms with van der Waals surface area (Å²) in [6, 6.07) is 0. The van der Waals surface area contributed by atoms with Crippen LogP contribution in [0.25, 0.3) is 0 Å². The molecule has 444 valence electrons. The number of hydrogen-bond donors (Lipinski definition) is 4. The van der Waals surface area contributed by atoms with E-state index in [0.717, 1.165) is 0 Å². The fourth-order valence-corrected chi connectivity index (χ4v) is 5.54. The Bertz CT molecular complexity index is 1750. The monoisotopic (exact) mass is 1190 g/mol. The predicted molar refractivity (Wildman–Crippen MR) is 174 cm³/mol. The summed E-state index contributed by atoms with van der Waals surface area (Å²) in [5.41, 5.74) is -30.4. The summed E-state index contributed by atoms with van der Waals surface area (Å²) in [5.74, 6) is -15.7. The van der Waals surface area contributed by atoms with Gasteiger partial charge in [0.1, 0.15) is 45.9 Å². The average Bonchev–Trinajstić information content (AvgIpc) is 3.11. The largest absolute Gasteiger partial charge is 0.480 e. The van der Waals surface area contributed by atoms with E-state index in [-0.39, 0.29) is 9.80 Å². The molecule has 0 fully saturated rings. The molecule has 4 N–H and O–H groups in total. The van der Waals surface area contributed by atoms with Crippen LogP contribution in [0.1, 0.15) is 0 Å². The van der Waals surface area contributed by atoms with Gasteiger partial charge in [0.2, 0.25) is 17.7 Å². The number of nitrogens with zero attached hydrogens (tertiary/aromatic N) is 3. The molecule has 0 saturated carbocycles. The number of carbonyl (C=O) groups excluding carboxylic acids is 3. The zero-order valence-electron chi connectivity index (χ0n) is 35.6.